The van der Waals surface area contributed by atoms with Gasteiger partial charge in [-0.05, 0) is 42.0 Å². The SMILES string of the molecule is N#Cc1ccc(NC(=O)COc2ccc3c(=O)c(-c4ccccc4)coc3c2)cc1. The van der Waals surface area contributed by atoms with Crippen molar-refractivity contribution in [1.82, 2.24) is 0 Å². The summed E-state index contributed by atoms with van der Waals surface area (Å²) >= 11 is 0. The highest BCUT2D eigenvalue weighted by Gasteiger charge is 2.11. The molecule has 6 heteroatoms. The van der Waals surface area contributed by atoms with Crippen LogP contribution in [0.3, 0.4) is 0 Å². The van der Waals surface area contributed by atoms with E-state index in [1.54, 1.807) is 42.5 Å². The number of hydrogen-bond donors (Lipinski definition) is 1. The lowest BCUT2D eigenvalue weighted by Gasteiger charge is -2.08. The fourth-order valence-electron chi connectivity index (χ4n) is 2.99. The van der Waals surface area contributed by atoms with Gasteiger partial charge in [-0.2, -0.15) is 5.26 Å². The van der Waals surface area contributed by atoms with E-state index in [2.05, 4.69) is 5.32 Å². The van der Waals surface area contributed by atoms with Crippen LogP contribution in [0.15, 0.2) is 88.3 Å². The van der Waals surface area contributed by atoms with Crippen LogP contribution in [0.1, 0.15) is 5.56 Å². The highest BCUT2D eigenvalue weighted by molar-refractivity contribution is 5.92. The second-order valence-electron chi connectivity index (χ2n) is 6.53. The average Bonchev–Trinajstić information content (AvgIpc) is 2.79. The predicted octanol–water partition coefficient (Wildman–Crippen LogP) is 4.35. The van der Waals surface area contributed by atoms with Crippen molar-refractivity contribution < 1.29 is 13.9 Å². The van der Waals surface area contributed by atoms with Crippen LogP contribution < -0.4 is 15.5 Å². The number of ether oxygens (including phenoxy) is 1. The van der Waals surface area contributed by atoms with Crippen LogP contribution in [0.4, 0.5) is 5.69 Å². The molecule has 0 spiro atoms. The van der Waals surface area contributed by atoms with Gasteiger partial charge < -0.3 is 14.5 Å². The zero-order valence-electron chi connectivity index (χ0n) is 15.8. The summed E-state index contributed by atoms with van der Waals surface area (Å²) in [7, 11) is 0. The quantitative estimate of drug-likeness (QED) is 0.541. The van der Waals surface area contributed by atoms with E-state index in [4.69, 9.17) is 14.4 Å². The van der Waals surface area contributed by atoms with E-state index in [1.807, 2.05) is 36.4 Å². The Morgan fingerprint density at radius 2 is 1.80 bits per heavy atom. The average molecular weight is 396 g/mol. The van der Waals surface area contributed by atoms with Gasteiger partial charge in [0.1, 0.15) is 17.6 Å². The summed E-state index contributed by atoms with van der Waals surface area (Å²) in [4.78, 5) is 24.9. The maximum absolute atomic E-state index is 12.8. The molecule has 0 radical (unpaired) electrons. The molecule has 1 aromatic heterocycles. The molecular formula is C24H16N2O4. The van der Waals surface area contributed by atoms with Crippen molar-refractivity contribution in [1.29, 1.82) is 5.26 Å². The van der Waals surface area contributed by atoms with Gasteiger partial charge in [-0.1, -0.05) is 30.3 Å². The number of nitrogens with one attached hydrogen (secondary N) is 1. The summed E-state index contributed by atoms with van der Waals surface area (Å²) < 4.78 is 11.2. The summed E-state index contributed by atoms with van der Waals surface area (Å²) in [5.41, 5.74) is 2.60. The molecule has 0 aliphatic rings. The lowest BCUT2D eigenvalue weighted by molar-refractivity contribution is -0.118. The van der Waals surface area contributed by atoms with Crippen LogP contribution >= 0.6 is 0 Å². The molecule has 0 aliphatic carbocycles. The van der Waals surface area contributed by atoms with Gasteiger partial charge in [-0.15, -0.1) is 0 Å². The normalized spacial score (nSPS) is 10.4. The van der Waals surface area contributed by atoms with Crippen LogP contribution in [0.2, 0.25) is 0 Å². The summed E-state index contributed by atoms with van der Waals surface area (Å²) in [6.45, 7) is -0.210. The number of benzene rings is 3. The van der Waals surface area contributed by atoms with Gasteiger partial charge in [-0.3, -0.25) is 9.59 Å². The van der Waals surface area contributed by atoms with Gasteiger partial charge in [0.15, 0.2) is 12.0 Å². The molecule has 1 N–H and O–H groups in total. The van der Waals surface area contributed by atoms with Crippen molar-refractivity contribution in [2.75, 3.05) is 11.9 Å². The second-order valence-corrected chi connectivity index (χ2v) is 6.53. The summed E-state index contributed by atoms with van der Waals surface area (Å²) in [5.74, 6) is 0.0637. The number of nitriles is 1. The Morgan fingerprint density at radius 1 is 1.03 bits per heavy atom. The monoisotopic (exact) mass is 396 g/mol. The Morgan fingerprint density at radius 3 is 2.53 bits per heavy atom. The van der Waals surface area contributed by atoms with E-state index in [0.717, 1.165) is 5.56 Å². The number of rotatable bonds is 5. The van der Waals surface area contributed by atoms with Crippen LogP contribution in [-0.2, 0) is 4.79 Å². The minimum Gasteiger partial charge on any atom is -0.484 e. The van der Waals surface area contributed by atoms with Gasteiger partial charge in [0.2, 0.25) is 0 Å². The zero-order valence-corrected chi connectivity index (χ0v) is 15.8. The van der Waals surface area contributed by atoms with Crippen molar-refractivity contribution in [3.05, 3.63) is 94.8 Å². The van der Waals surface area contributed by atoms with Gasteiger partial charge in [0.05, 0.1) is 22.6 Å². The molecule has 0 atom stereocenters. The maximum atomic E-state index is 12.8. The van der Waals surface area contributed by atoms with E-state index >= 15 is 0 Å². The molecule has 4 rings (SSSR count). The topological polar surface area (TPSA) is 92.3 Å². The Kier molecular flexibility index (Phi) is 5.27. The van der Waals surface area contributed by atoms with Crippen molar-refractivity contribution in [2.45, 2.75) is 0 Å². The van der Waals surface area contributed by atoms with E-state index < -0.39 is 0 Å². The molecule has 0 aliphatic heterocycles. The third kappa shape index (κ3) is 4.05. The van der Waals surface area contributed by atoms with E-state index in [9.17, 15) is 9.59 Å². The number of fused-ring (bicyclic) bond motifs is 1. The Balaban J connectivity index is 1.46. The summed E-state index contributed by atoms with van der Waals surface area (Å²) in [6, 6.07) is 22.7. The smallest absolute Gasteiger partial charge is 0.262 e. The molecule has 1 heterocycles. The van der Waals surface area contributed by atoms with Gasteiger partial charge >= 0.3 is 0 Å². The molecule has 30 heavy (non-hydrogen) atoms. The van der Waals surface area contributed by atoms with Crippen molar-refractivity contribution >= 4 is 22.6 Å². The van der Waals surface area contributed by atoms with Crippen LogP contribution in [0.25, 0.3) is 22.1 Å². The molecule has 0 unspecified atom stereocenters. The third-order valence-electron chi connectivity index (χ3n) is 4.50. The molecule has 146 valence electrons. The highest BCUT2D eigenvalue weighted by Crippen LogP contribution is 2.23. The van der Waals surface area contributed by atoms with Gasteiger partial charge in [-0.25, -0.2) is 0 Å². The first kappa shape index (κ1) is 19.0. The van der Waals surface area contributed by atoms with Crippen LogP contribution in [-0.4, -0.2) is 12.5 Å². The Hall–Kier alpha value is -4.37. The number of amides is 1. The standard InChI is InChI=1S/C24H16N2O4/c25-13-16-6-8-18(9-7-16)26-23(27)15-29-19-10-11-20-22(12-19)30-14-21(24(20)28)17-4-2-1-3-5-17/h1-12,14H,15H2,(H,26,27). The van der Waals surface area contributed by atoms with E-state index in [0.29, 0.717) is 33.5 Å². The number of hydrogen-bond acceptors (Lipinski definition) is 5. The summed E-state index contributed by atoms with van der Waals surface area (Å²) in [6.07, 6.45) is 1.43. The van der Waals surface area contributed by atoms with Gasteiger partial charge in [0.25, 0.3) is 5.91 Å². The largest absolute Gasteiger partial charge is 0.484 e. The number of carbonyl (C=O) groups excluding carboxylic acids is 1. The van der Waals surface area contributed by atoms with E-state index in [1.165, 1.54) is 6.26 Å². The van der Waals surface area contributed by atoms with Crippen LogP contribution in [0.5, 0.6) is 5.75 Å². The highest BCUT2D eigenvalue weighted by atomic mass is 16.5. The zero-order chi connectivity index (χ0) is 20.9. The van der Waals surface area contributed by atoms with Crippen molar-refractivity contribution in [3.8, 4) is 22.9 Å². The number of nitrogens with zero attached hydrogens (tertiary/aromatic N) is 1. The second kappa shape index (κ2) is 8.33. The summed E-state index contributed by atoms with van der Waals surface area (Å²) in [5, 5.41) is 11.9. The molecule has 0 saturated carbocycles. The lowest BCUT2D eigenvalue weighted by Crippen LogP contribution is -2.20. The molecular weight excluding hydrogens is 380 g/mol. The minimum atomic E-state index is -0.347. The first-order valence-electron chi connectivity index (χ1n) is 9.18. The fraction of sp³-hybridized carbons (Fsp3) is 0.0417. The maximum Gasteiger partial charge on any atom is 0.262 e. The molecule has 0 saturated heterocycles. The molecule has 6 nitrogen and oxygen atoms in total. The number of carbonyl (C=O) groups is 1. The molecule has 0 bridgehead atoms. The van der Waals surface area contributed by atoms with Crippen molar-refractivity contribution in [3.63, 3.8) is 0 Å². The first-order chi connectivity index (χ1) is 14.6. The number of anilines is 1. The third-order valence-corrected chi connectivity index (χ3v) is 4.50. The van der Waals surface area contributed by atoms with E-state index in [-0.39, 0.29) is 17.9 Å². The van der Waals surface area contributed by atoms with Crippen molar-refractivity contribution in [2.24, 2.45) is 0 Å². The van der Waals surface area contributed by atoms with Crippen LogP contribution in [0, 0.1) is 11.3 Å². The lowest BCUT2D eigenvalue weighted by atomic mass is 10.1. The van der Waals surface area contributed by atoms with Gasteiger partial charge in [0, 0.05) is 11.8 Å². The minimum absolute atomic E-state index is 0.132. The fourth-order valence-corrected chi connectivity index (χ4v) is 2.99. The molecule has 3 aromatic carbocycles. The molecule has 4 aromatic rings. The Bertz CT molecular complexity index is 1300. The Labute approximate surface area is 172 Å². The molecule has 0 fully saturated rings. The molecule has 1 amide bonds. The predicted molar refractivity (Wildman–Crippen MR) is 113 cm³/mol. The first-order valence-corrected chi connectivity index (χ1v) is 9.18.